The molecule has 154 valence electrons. The molecule has 0 aliphatic carbocycles. The maximum atomic E-state index is 12.8. The molecule has 6 nitrogen and oxygen atoms in total. The highest BCUT2D eigenvalue weighted by Gasteiger charge is 2.24. The molecule has 1 aromatic heterocycles. The van der Waals surface area contributed by atoms with E-state index in [9.17, 15) is 13.6 Å². The molecule has 28 heavy (non-hydrogen) atoms. The van der Waals surface area contributed by atoms with Gasteiger partial charge in [-0.05, 0) is 23.6 Å². The van der Waals surface area contributed by atoms with E-state index in [0.717, 1.165) is 4.90 Å². The van der Waals surface area contributed by atoms with Crippen LogP contribution in [-0.2, 0) is 11.3 Å². The number of hydrogen-bond acceptors (Lipinski definition) is 5. The second-order valence-corrected chi connectivity index (χ2v) is 9.22. The van der Waals surface area contributed by atoms with Crippen LogP contribution in [0.25, 0.3) is 11.3 Å². The van der Waals surface area contributed by atoms with E-state index in [-0.39, 0.29) is 12.2 Å². The summed E-state index contributed by atoms with van der Waals surface area (Å²) in [6.07, 6.45) is 1.54. The molecule has 0 saturated heterocycles. The molecule has 0 unspecified atom stereocenters. The summed E-state index contributed by atoms with van der Waals surface area (Å²) < 4.78 is 31.9. The summed E-state index contributed by atoms with van der Waals surface area (Å²) in [6.45, 7) is 5.02. The van der Waals surface area contributed by atoms with Crippen LogP contribution in [0.4, 0.5) is 14.5 Å². The fourth-order valence-electron chi connectivity index (χ4n) is 2.87. The molecule has 2 rings (SSSR count). The number of benzene rings is 1. The summed E-state index contributed by atoms with van der Waals surface area (Å²) in [6, 6.07) is 4.93. The Labute approximate surface area is 167 Å². The van der Waals surface area contributed by atoms with Crippen LogP contribution in [0.5, 0.6) is 5.75 Å². The molecule has 0 saturated carbocycles. The minimum atomic E-state index is -2.97. The third-order valence-corrected chi connectivity index (χ3v) is 4.80. The first-order valence-electron chi connectivity index (χ1n) is 8.77. The van der Waals surface area contributed by atoms with Crippen molar-refractivity contribution in [3.63, 3.8) is 0 Å². The van der Waals surface area contributed by atoms with Gasteiger partial charge in [-0.2, -0.15) is 13.9 Å². The predicted octanol–water partition coefficient (Wildman–Crippen LogP) is 4.74. The van der Waals surface area contributed by atoms with Crippen LogP contribution < -0.4 is 10.5 Å². The number of aliphatic carboxylic acids is 1. The summed E-state index contributed by atoms with van der Waals surface area (Å²) in [4.78, 5) is 11.9. The van der Waals surface area contributed by atoms with Crippen molar-refractivity contribution in [1.82, 2.24) is 9.78 Å². The zero-order valence-electron chi connectivity index (χ0n) is 16.3. The van der Waals surface area contributed by atoms with Crippen LogP contribution in [-0.4, -0.2) is 32.7 Å². The first-order chi connectivity index (χ1) is 13.0. The molecule has 0 aliphatic heterocycles. The Balaban J connectivity index is 2.42. The molecule has 9 heteroatoms. The van der Waals surface area contributed by atoms with Gasteiger partial charge in [0.05, 0.1) is 12.1 Å². The fourth-order valence-corrected chi connectivity index (χ4v) is 3.75. The molecular formula is C19H25F2N3O3S. The van der Waals surface area contributed by atoms with Crippen molar-refractivity contribution in [2.45, 2.75) is 57.4 Å². The summed E-state index contributed by atoms with van der Waals surface area (Å²) >= 11 is 1.58. The number of carbonyl (C=O) groups is 1. The van der Waals surface area contributed by atoms with Crippen LogP contribution in [0, 0.1) is 5.41 Å². The average molecular weight is 413 g/mol. The van der Waals surface area contributed by atoms with E-state index in [1.54, 1.807) is 34.8 Å². The highest BCUT2D eigenvalue weighted by molar-refractivity contribution is 7.99. The van der Waals surface area contributed by atoms with Gasteiger partial charge in [0.25, 0.3) is 0 Å². The number of hydrogen-bond donors (Lipinski definition) is 2. The van der Waals surface area contributed by atoms with Crippen molar-refractivity contribution in [2.24, 2.45) is 5.41 Å². The Kier molecular flexibility index (Phi) is 6.92. The van der Waals surface area contributed by atoms with Crippen molar-refractivity contribution in [3.05, 3.63) is 24.4 Å². The Morgan fingerprint density at radius 3 is 2.64 bits per heavy atom. The van der Waals surface area contributed by atoms with Crippen LogP contribution in [0.15, 0.2) is 29.3 Å². The molecule has 0 atom stereocenters. The first-order valence-corrected chi connectivity index (χ1v) is 9.65. The second kappa shape index (κ2) is 8.81. The summed E-state index contributed by atoms with van der Waals surface area (Å²) in [5, 5.41) is 13.8. The molecule has 0 spiro atoms. The van der Waals surface area contributed by atoms with E-state index in [1.807, 2.05) is 27.7 Å². The lowest BCUT2D eigenvalue weighted by Gasteiger charge is -2.22. The Bertz CT molecular complexity index is 838. The maximum Gasteiger partial charge on any atom is 0.387 e. The van der Waals surface area contributed by atoms with E-state index < -0.39 is 18.0 Å². The lowest BCUT2D eigenvalue weighted by molar-refractivity contribution is -0.139. The Morgan fingerprint density at radius 1 is 1.39 bits per heavy atom. The second-order valence-electron chi connectivity index (χ2n) is 7.57. The third-order valence-electron chi connectivity index (χ3n) is 3.80. The Morgan fingerprint density at radius 2 is 2.07 bits per heavy atom. The smallest absolute Gasteiger partial charge is 0.387 e. The third kappa shape index (κ3) is 6.12. The minimum Gasteiger partial charge on any atom is -0.481 e. The van der Waals surface area contributed by atoms with Gasteiger partial charge in [0.2, 0.25) is 0 Å². The van der Waals surface area contributed by atoms with Gasteiger partial charge in [-0.1, -0.05) is 27.7 Å². The van der Waals surface area contributed by atoms with Crippen molar-refractivity contribution in [1.29, 1.82) is 0 Å². The monoisotopic (exact) mass is 413 g/mol. The number of carboxylic acid groups (broad SMARTS) is 1. The van der Waals surface area contributed by atoms with Gasteiger partial charge >= 0.3 is 12.6 Å². The number of nitrogen functional groups attached to an aromatic ring is 1. The summed E-state index contributed by atoms with van der Waals surface area (Å²) in [7, 11) is 0. The lowest BCUT2D eigenvalue weighted by Crippen LogP contribution is -2.23. The highest BCUT2D eigenvalue weighted by atomic mass is 32.2. The number of ether oxygens (including phenoxy) is 1. The van der Waals surface area contributed by atoms with Gasteiger partial charge in [-0.3, -0.25) is 9.48 Å². The average Bonchev–Trinajstić information content (AvgIpc) is 2.85. The predicted molar refractivity (Wildman–Crippen MR) is 106 cm³/mol. The molecule has 2 aromatic rings. The Hall–Kier alpha value is -2.29. The van der Waals surface area contributed by atoms with Crippen LogP contribution in [0.1, 0.15) is 34.1 Å². The number of aromatic nitrogens is 2. The van der Waals surface area contributed by atoms with Crippen LogP contribution in [0.2, 0.25) is 0 Å². The summed E-state index contributed by atoms with van der Waals surface area (Å²) in [5.74, 6) is -0.916. The van der Waals surface area contributed by atoms with Crippen molar-refractivity contribution >= 4 is 23.4 Å². The standard InChI is InChI=1S/C19H25F2N3O3S/c1-11(2)28-12-5-6-15(27-18(20)21)13(7-12)17-14(22)9-24(23-17)10-19(3,4)8-16(25)26/h5-7,9,11,18H,8,10,22H2,1-4H3,(H,25,26). The minimum absolute atomic E-state index is 0.00940. The van der Waals surface area contributed by atoms with E-state index in [0.29, 0.717) is 28.7 Å². The lowest BCUT2D eigenvalue weighted by atomic mass is 9.89. The van der Waals surface area contributed by atoms with Gasteiger partial charge in [0, 0.05) is 28.5 Å². The molecule has 1 heterocycles. The topological polar surface area (TPSA) is 90.4 Å². The molecule has 0 aliphatic rings. The van der Waals surface area contributed by atoms with E-state index >= 15 is 0 Å². The van der Waals surface area contributed by atoms with E-state index in [4.69, 9.17) is 10.8 Å². The number of rotatable bonds is 9. The number of carboxylic acids is 1. The number of anilines is 1. The zero-order chi connectivity index (χ0) is 21.1. The normalized spacial score (nSPS) is 12.0. The number of halogens is 2. The number of thioether (sulfide) groups is 1. The molecule has 0 bridgehead atoms. The molecule has 1 aromatic carbocycles. The van der Waals surface area contributed by atoms with Gasteiger partial charge in [-0.25, -0.2) is 0 Å². The fraction of sp³-hybridized carbons (Fsp3) is 0.474. The summed E-state index contributed by atoms with van der Waals surface area (Å²) in [5.41, 5.74) is 6.54. The zero-order valence-corrected chi connectivity index (χ0v) is 17.1. The van der Waals surface area contributed by atoms with Crippen LogP contribution >= 0.6 is 11.8 Å². The molecule has 0 fully saturated rings. The molecule has 3 N–H and O–H groups in total. The molecule has 0 amide bonds. The maximum absolute atomic E-state index is 12.8. The van der Waals surface area contributed by atoms with Crippen molar-refractivity contribution in [3.8, 4) is 17.0 Å². The quantitative estimate of drug-likeness (QED) is 0.578. The largest absolute Gasteiger partial charge is 0.481 e. The van der Waals surface area contributed by atoms with E-state index in [1.165, 1.54) is 6.07 Å². The van der Waals surface area contributed by atoms with Gasteiger partial charge < -0.3 is 15.6 Å². The molecular weight excluding hydrogens is 388 g/mol. The van der Waals surface area contributed by atoms with E-state index in [2.05, 4.69) is 9.84 Å². The van der Waals surface area contributed by atoms with Crippen molar-refractivity contribution < 1.29 is 23.4 Å². The SMILES string of the molecule is CC(C)Sc1ccc(OC(F)F)c(-c2nn(CC(C)(C)CC(=O)O)cc2N)c1. The van der Waals surface area contributed by atoms with Gasteiger partial charge in [0.1, 0.15) is 11.4 Å². The van der Waals surface area contributed by atoms with Gasteiger partial charge in [-0.15, -0.1) is 11.8 Å². The number of nitrogens with zero attached hydrogens (tertiary/aromatic N) is 2. The number of nitrogens with two attached hydrogens (primary N) is 1. The van der Waals surface area contributed by atoms with Crippen LogP contribution in [0.3, 0.4) is 0 Å². The number of alkyl halides is 2. The van der Waals surface area contributed by atoms with Gasteiger partial charge in [0.15, 0.2) is 0 Å². The van der Waals surface area contributed by atoms with Crippen molar-refractivity contribution in [2.75, 3.05) is 5.73 Å². The highest BCUT2D eigenvalue weighted by Crippen LogP contribution is 2.38. The first kappa shape index (κ1) is 22.0. The molecule has 0 radical (unpaired) electrons.